The predicted octanol–water partition coefficient (Wildman–Crippen LogP) is 2.86. The van der Waals surface area contributed by atoms with Gasteiger partial charge in [0.1, 0.15) is 11.6 Å². The van der Waals surface area contributed by atoms with Crippen LogP contribution in [0.1, 0.15) is 16.4 Å². The van der Waals surface area contributed by atoms with Crippen LogP contribution >= 0.6 is 11.6 Å². The summed E-state index contributed by atoms with van der Waals surface area (Å²) in [6.07, 6.45) is 1.02. The van der Waals surface area contributed by atoms with Crippen LogP contribution in [0.4, 0.5) is 11.4 Å². The second-order valence-electron chi connectivity index (χ2n) is 6.09. The Morgan fingerprint density at radius 2 is 1.93 bits per heavy atom. The topological polar surface area (TPSA) is 115 Å². The number of halogens is 1. The van der Waals surface area contributed by atoms with Crippen molar-refractivity contribution in [3.05, 3.63) is 59.1 Å². The molecule has 1 amide bonds. The van der Waals surface area contributed by atoms with Crippen molar-refractivity contribution >= 4 is 38.9 Å². The Balaban J connectivity index is 1.87. The van der Waals surface area contributed by atoms with Gasteiger partial charge in [-0.15, -0.1) is 5.10 Å². The number of anilines is 2. The molecule has 3 rings (SSSR count). The van der Waals surface area contributed by atoms with Gasteiger partial charge in [0.25, 0.3) is 5.91 Å². The van der Waals surface area contributed by atoms with Crippen molar-refractivity contribution in [1.29, 1.82) is 0 Å². The third-order valence-electron chi connectivity index (χ3n) is 3.81. The molecule has 152 valence electrons. The number of hydrogen-bond donors (Lipinski definition) is 2. The van der Waals surface area contributed by atoms with Crippen LogP contribution in [0.25, 0.3) is 5.69 Å². The van der Waals surface area contributed by atoms with E-state index >= 15 is 0 Å². The van der Waals surface area contributed by atoms with Crippen molar-refractivity contribution in [2.24, 2.45) is 0 Å². The Morgan fingerprint density at radius 1 is 1.21 bits per heavy atom. The molecule has 1 aromatic heterocycles. The minimum Gasteiger partial charge on any atom is -0.495 e. The molecule has 0 unspecified atom stereocenters. The molecule has 0 aliphatic heterocycles. The van der Waals surface area contributed by atoms with Gasteiger partial charge >= 0.3 is 0 Å². The van der Waals surface area contributed by atoms with Crippen LogP contribution in [0.2, 0.25) is 5.02 Å². The van der Waals surface area contributed by atoms with Gasteiger partial charge in [-0.05, 0) is 37.3 Å². The summed E-state index contributed by atoms with van der Waals surface area (Å²) in [5.74, 6) is 0.174. The van der Waals surface area contributed by atoms with Crippen molar-refractivity contribution in [1.82, 2.24) is 14.8 Å². The number of nitrogens with zero attached hydrogens (tertiary/aromatic N) is 3. The minimum absolute atomic E-state index is 0.0594. The third-order valence-corrected chi connectivity index (χ3v) is 4.72. The molecule has 2 N–H and O–H groups in total. The summed E-state index contributed by atoms with van der Waals surface area (Å²) in [7, 11) is -2.12. The maximum Gasteiger partial charge on any atom is 0.295 e. The van der Waals surface area contributed by atoms with Crippen molar-refractivity contribution in [3.8, 4) is 11.4 Å². The normalized spacial score (nSPS) is 11.2. The van der Waals surface area contributed by atoms with Gasteiger partial charge in [0.2, 0.25) is 15.8 Å². The van der Waals surface area contributed by atoms with Crippen LogP contribution in [0.15, 0.2) is 42.5 Å². The number of amides is 1. The third kappa shape index (κ3) is 4.84. The zero-order chi connectivity index (χ0) is 21.2. The number of benzene rings is 2. The molecule has 3 aromatic rings. The summed E-state index contributed by atoms with van der Waals surface area (Å²) in [6, 6.07) is 11.6. The van der Waals surface area contributed by atoms with Gasteiger partial charge in [0.05, 0.1) is 29.8 Å². The molecule has 9 nitrogen and oxygen atoms in total. The van der Waals surface area contributed by atoms with E-state index in [9.17, 15) is 13.2 Å². The highest BCUT2D eigenvalue weighted by molar-refractivity contribution is 7.92. The number of rotatable bonds is 6. The summed E-state index contributed by atoms with van der Waals surface area (Å²) < 4.78 is 32.0. The van der Waals surface area contributed by atoms with Crippen LogP contribution in [-0.4, -0.2) is 42.5 Å². The molecule has 0 atom stereocenters. The van der Waals surface area contributed by atoms with E-state index in [4.69, 9.17) is 16.3 Å². The van der Waals surface area contributed by atoms with Crippen molar-refractivity contribution < 1.29 is 17.9 Å². The molecular weight excluding hydrogens is 418 g/mol. The first-order chi connectivity index (χ1) is 13.7. The first-order valence-electron chi connectivity index (χ1n) is 8.33. The van der Waals surface area contributed by atoms with E-state index in [0.29, 0.717) is 28.0 Å². The molecular formula is C18H18ClN5O4S. The Kier molecular flexibility index (Phi) is 5.76. The van der Waals surface area contributed by atoms with Gasteiger partial charge in [-0.2, -0.15) is 0 Å². The first-order valence-corrected chi connectivity index (χ1v) is 10.6. The Morgan fingerprint density at radius 3 is 2.59 bits per heavy atom. The Labute approximate surface area is 172 Å². The summed E-state index contributed by atoms with van der Waals surface area (Å²) in [5, 5.41) is 7.34. The number of aromatic nitrogens is 3. The van der Waals surface area contributed by atoms with Crippen LogP contribution < -0.4 is 14.8 Å². The minimum atomic E-state index is -3.53. The number of carbonyl (C=O) groups excluding carboxylic acids is 1. The number of nitrogens with one attached hydrogen (secondary N) is 2. The molecule has 0 fully saturated rings. The number of sulfonamides is 1. The summed E-state index contributed by atoms with van der Waals surface area (Å²) in [6.45, 7) is 1.70. The zero-order valence-corrected chi connectivity index (χ0v) is 17.4. The van der Waals surface area contributed by atoms with E-state index in [2.05, 4.69) is 20.1 Å². The number of methoxy groups -OCH3 is 1. The van der Waals surface area contributed by atoms with Crippen LogP contribution in [0, 0.1) is 6.92 Å². The first kappa shape index (κ1) is 20.6. The van der Waals surface area contributed by atoms with Gasteiger partial charge in [0.15, 0.2) is 0 Å². The molecule has 1 heterocycles. The smallest absolute Gasteiger partial charge is 0.295 e. The number of para-hydroxylation sites is 1. The van der Waals surface area contributed by atoms with Crippen LogP contribution in [0.5, 0.6) is 5.75 Å². The van der Waals surface area contributed by atoms with Gasteiger partial charge in [-0.1, -0.05) is 23.7 Å². The molecule has 2 aromatic carbocycles. The molecule has 29 heavy (non-hydrogen) atoms. The van der Waals surface area contributed by atoms with Crippen LogP contribution in [0.3, 0.4) is 0 Å². The lowest BCUT2D eigenvalue weighted by Crippen LogP contribution is -2.15. The van der Waals surface area contributed by atoms with Gasteiger partial charge < -0.3 is 10.1 Å². The van der Waals surface area contributed by atoms with Gasteiger partial charge in [-0.3, -0.25) is 9.52 Å². The average Bonchev–Trinajstić information content (AvgIpc) is 3.03. The Bertz CT molecular complexity index is 1180. The van der Waals surface area contributed by atoms with Crippen molar-refractivity contribution in [2.45, 2.75) is 6.92 Å². The van der Waals surface area contributed by atoms with E-state index in [0.717, 1.165) is 6.26 Å². The largest absolute Gasteiger partial charge is 0.495 e. The number of ether oxygens (including phenoxy) is 1. The van der Waals surface area contributed by atoms with E-state index in [1.807, 2.05) is 0 Å². The molecule has 0 aliphatic carbocycles. The number of carbonyl (C=O) groups is 1. The molecule has 0 radical (unpaired) electrons. The number of hydrogen-bond acceptors (Lipinski definition) is 6. The highest BCUT2D eigenvalue weighted by Crippen LogP contribution is 2.29. The van der Waals surface area contributed by atoms with E-state index in [1.165, 1.54) is 23.9 Å². The summed E-state index contributed by atoms with van der Waals surface area (Å²) >= 11 is 6.19. The van der Waals surface area contributed by atoms with Crippen LogP contribution in [-0.2, 0) is 10.0 Å². The molecule has 0 spiro atoms. The molecule has 0 saturated heterocycles. The monoisotopic (exact) mass is 435 g/mol. The van der Waals surface area contributed by atoms with Gasteiger partial charge in [-0.25, -0.2) is 18.1 Å². The summed E-state index contributed by atoms with van der Waals surface area (Å²) in [4.78, 5) is 16.8. The standard InChI is InChI=1S/C18H18ClN5O4S/c1-11-20-17(22-24(11)15-7-5-4-6-13(15)19)18(25)21-12-8-9-16(28-2)14(10-12)23-29(3,26)27/h4-10,23H,1-3H3,(H,21,25). The Hall–Kier alpha value is -3.11. The SMILES string of the molecule is COc1ccc(NC(=O)c2nc(C)n(-c3ccccc3Cl)n2)cc1NS(C)(=O)=O. The second-order valence-corrected chi connectivity index (χ2v) is 8.24. The van der Waals surface area contributed by atoms with Crippen molar-refractivity contribution in [2.75, 3.05) is 23.4 Å². The molecule has 11 heteroatoms. The lowest BCUT2D eigenvalue weighted by atomic mass is 10.2. The van der Waals surface area contributed by atoms with E-state index < -0.39 is 15.9 Å². The quantitative estimate of drug-likeness (QED) is 0.615. The van der Waals surface area contributed by atoms with E-state index in [1.54, 1.807) is 37.3 Å². The fraction of sp³-hybridized carbons (Fsp3) is 0.167. The fourth-order valence-electron chi connectivity index (χ4n) is 2.59. The summed E-state index contributed by atoms with van der Waals surface area (Å²) in [5.41, 5.74) is 1.13. The lowest BCUT2D eigenvalue weighted by molar-refractivity contribution is 0.101. The molecule has 0 aliphatic rings. The lowest BCUT2D eigenvalue weighted by Gasteiger charge is -2.12. The van der Waals surface area contributed by atoms with Crippen molar-refractivity contribution in [3.63, 3.8) is 0 Å². The molecule has 0 saturated carbocycles. The molecule has 0 bridgehead atoms. The highest BCUT2D eigenvalue weighted by Gasteiger charge is 2.18. The fourth-order valence-corrected chi connectivity index (χ4v) is 3.36. The number of aryl methyl sites for hydroxylation is 1. The maximum absolute atomic E-state index is 12.6. The second kappa shape index (κ2) is 8.10. The average molecular weight is 436 g/mol. The highest BCUT2D eigenvalue weighted by atomic mass is 35.5. The van der Waals surface area contributed by atoms with Gasteiger partial charge in [0, 0.05) is 5.69 Å². The zero-order valence-electron chi connectivity index (χ0n) is 15.8. The maximum atomic E-state index is 12.6. The van der Waals surface area contributed by atoms with E-state index in [-0.39, 0.29) is 11.5 Å². The predicted molar refractivity (Wildman–Crippen MR) is 111 cm³/mol.